The van der Waals surface area contributed by atoms with Gasteiger partial charge in [-0.05, 0) is 78.6 Å². The van der Waals surface area contributed by atoms with Gasteiger partial charge in [0.25, 0.3) is 0 Å². The van der Waals surface area contributed by atoms with E-state index in [1.165, 1.54) is 19.3 Å². The van der Waals surface area contributed by atoms with Gasteiger partial charge in [-0.2, -0.15) is 0 Å². The monoisotopic (exact) mass is 282 g/mol. The molecule has 2 rings (SSSR count). The summed E-state index contributed by atoms with van der Waals surface area (Å²) in [6.07, 6.45) is 5.89. The molecule has 1 unspecified atom stereocenters. The summed E-state index contributed by atoms with van der Waals surface area (Å²) in [4.78, 5) is 15.1. The molecule has 2 aliphatic rings. The van der Waals surface area contributed by atoms with Crippen LogP contribution in [-0.4, -0.2) is 48.7 Å². The van der Waals surface area contributed by atoms with Gasteiger partial charge in [0.2, 0.25) is 0 Å². The lowest BCUT2D eigenvalue weighted by Gasteiger charge is -2.40. The largest absolute Gasteiger partial charge is 0.459 e. The number of nitrogens with zero attached hydrogens (tertiary/aromatic N) is 1. The van der Waals surface area contributed by atoms with E-state index < -0.39 is 5.60 Å². The Kier molecular flexibility index (Phi) is 5.44. The van der Waals surface area contributed by atoms with Crippen LogP contribution >= 0.6 is 0 Å². The van der Waals surface area contributed by atoms with E-state index in [2.05, 4.69) is 10.2 Å². The van der Waals surface area contributed by atoms with Gasteiger partial charge in [0.15, 0.2) is 0 Å². The molecule has 0 saturated carbocycles. The Labute approximate surface area is 123 Å². The molecule has 2 fully saturated rings. The van der Waals surface area contributed by atoms with E-state index in [0.29, 0.717) is 5.92 Å². The molecular formula is C16H30N2O2. The average Bonchev–Trinajstić information content (AvgIpc) is 2.39. The Bertz CT molecular complexity index is 295. The first-order valence-electron chi connectivity index (χ1n) is 8.15. The van der Waals surface area contributed by atoms with Crippen LogP contribution in [0.2, 0.25) is 0 Å². The van der Waals surface area contributed by atoms with E-state index in [1.807, 2.05) is 20.8 Å². The van der Waals surface area contributed by atoms with Crippen molar-refractivity contribution in [2.75, 3.05) is 26.2 Å². The molecule has 0 spiro atoms. The molecule has 2 saturated heterocycles. The van der Waals surface area contributed by atoms with Gasteiger partial charge in [-0.25, -0.2) is 0 Å². The molecule has 0 radical (unpaired) electrons. The zero-order chi connectivity index (χ0) is 14.6. The lowest BCUT2D eigenvalue weighted by Crippen LogP contribution is -2.52. The minimum atomic E-state index is -0.391. The van der Waals surface area contributed by atoms with Crippen LogP contribution in [0.4, 0.5) is 0 Å². The Hall–Kier alpha value is -0.610. The lowest BCUT2D eigenvalue weighted by atomic mass is 9.88. The van der Waals surface area contributed by atoms with E-state index in [0.717, 1.165) is 39.0 Å². The normalized spacial score (nSPS) is 24.4. The summed E-state index contributed by atoms with van der Waals surface area (Å²) in [7, 11) is 0. The summed E-state index contributed by atoms with van der Waals surface area (Å²) in [5, 5.41) is 3.39. The maximum Gasteiger partial charge on any atom is 0.324 e. The minimum absolute atomic E-state index is 0.00806. The Morgan fingerprint density at radius 3 is 2.30 bits per heavy atom. The predicted octanol–water partition coefficient (Wildman–Crippen LogP) is 2.18. The molecular weight excluding hydrogens is 252 g/mol. The fraction of sp³-hybridized carbons (Fsp3) is 0.938. The molecule has 2 heterocycles. The van der Waals surface area contributed by atoms with Crippen molar-refractivity contribution in [3.05, 3.63) is 0 Å². The average molecular weight is 282 g/mol. The standard InChI is InChI=1S/C16H30N2O2/c1-16(2,3)20-15(19)14(13-7-9-17-10-8-13)18-11-5-4-6-12-18/h13-14,17H,4-12H2,1-3H3. The maximum absolute atomic E-state index is 12.7. The summed E-state index contributed by atoms with van der Waals surface area (Å²) in [6.45, 7) is 10.0. The Morgan fingerprint density at radius 2 is 1.75 bits per heavy atom. The molecule has 20 heavy (non-hydrogen) atoms. The van der Waals surface area contributed by atoms with Gasteiger partial charge in [0.05, 0.1) is 0 Å². The van der Waals surface area contributed by atoms with Gasteiger partial charge in [0.1, 0.15) is 11.6 Å². The summed E-state index contributed by atoms with van der Waals surface area (Å²) in [5.41, 5.74) is -0.391. The van der Waals surface area contributed by atoms with Crippen molar-refractivity contribution in [3.8, 4) is 0 Å². The molecule has 4 nitrogen and oxygen atoms in total. The molecule has 0 aliphatic carbocycles. The molecule has 0 aromatic heterocycles. The third-order valence-electron chi connectivity index (χ3n) is 4.26. The number of ether oxygens (including phenoxy) is 1. The lowest BCUT2D eigenvalue weighted by molar-refractivity contribution is -0.164. The van der Waals surface area contributed by atoms with Crippen LogP contribution in [0.1, 0.15) is 52.9 Å². The van der Waals surface area contributed by atoms with Gasteiger partial charge < -0.3 is 10.1 Å². The van der Waals surface area contributed by atoms with Crippen molar-refractivity contribution in [2.45, 2.75) is 64.5 Å². The van der Waals surface area contributed by atoms with Crippen molar-refractivity contribution >= 4 is 5.97 Å². The minimum Gasteiger partial charge on any atom is -0.459 e. The summed E-state index contributed by atoms with van der Waals surface area (Å²) >= 11 is 0. The number of piperidine rings is 2. The second kappa shape index (κ2) is 6.90. The maximum atomic E-state index is 12.7. The van der Waals surface area contributed by atoms with Gasteiger partial charge in [-0.1, -0.05) is 6.42 Å². The highest BCUT2D eigenvalue weighted by molar-refractivity contribution is 5.76. The third kappa shape index (κ3) is 4.45. The van der Waals surface area contributed by atoms with Crippen molar-refractivity contribution in [1.82, 2.24) is 10.2 Å². The van der Waals surface area contributed by atoms with Crippen LogP contribution in [0.15, 0.2) is 0 Å². The molecule has 0 aromatic rings. The van der Waals surface area contributed by atoms with E-state index in [-0.39, 0.29) is 12.0 Å². The number of hydrogen-bond acceptors (Lipinski definition) is 4. The van der Waals surface area contributed by atoms with E-state index in [1.54, 1.807) is 0 Å². The molecule has 0 bridgehead atoms. The number of likely N-dealkylation sites (tertiary alicyclic amines) is 1. The molecule has 1 atom stereocenters. The Morgan fingerprint density at radius 1 is 1.15 bits per heavy atom. The van der Waals surface area contributed by atoms with Crippen molar-refractivity contribution < 1.29 is 9.53 Å². The highest BCUT2D eigenvalue weighted by Crippen LogP contribution is 2.26. The molecule has 2 aliphatic heterocycles. The fourth-order valence-corrected chi connectivity index (χ4v) is 3.36. The zero-order valence-electron chi connectivity index (χ0n) is 13.3. The van der Waals surface area contributed by atoms with E-state index in [4.69, 9.17) is 4.74 Å². The smallest absolute Gasteiger partial charge is 0.324 e. The summed E-state index contributed by atoms with van der Waals surface area (Å²) < 4.78 is 5.71. The van der Waals surface area contributed by atoms with Crippen LogP contribution in [0, 0.1) is 5.92 Å². The molecule has 116 valence electrons. The van der Waals surface area contributed by atoms with Crippen LogP contribution in [0.5, 0.6) is 0 Å². The quantitative estimate of drug-likeness (QED) is 0.806. The second-order valence-electron chi connectivity index (χ2n) is 7.16. The van der Waals surface area contributed by atoms with Crippen LogP contribution in [0.3, 0.4) is 0 Å². The van der Waals surface area contributed by atoms with Crippen molar-refractivity contribution in [2.24, 2.45) is 5.92 Å². The van der Waals surface area contributed by atoms with Crippen LogP contribution in [-0.2, 0) is 9.53 Å². The number of rotatable bonds is 3. The Balaban J connectivity index is 2.07. The number of carbonyl (C=O) groups excluding carboxylic acids is 1. The number of carbonyl (C=O) groups is 1. The van der Waals surface area contributed by atoms with E-state index >= 15 is 0 Å². The molecule has 0 aromatic carbocycles. The molecule has 1 N–H and O–H groups in total. The first-order chi connectivity index (χ1) is 9.47. The third-order valence-corrected chi connectivity index (χ3v) is 4.26. The summed E-state index contributed by atoms with van der Waals surface area (Å²) in [6, 6.07) is -0.0309. The molecule has 0 amide bonds. The van der Waals surface area contributed by atoms with Gasteiger partial charge in [0, 0.05) is 0 Å². The summed E-state index contributed by atoms with van der Waals surface area (Å²) in [5.74, 6) is 0.440. The van der Waals surface area contributed by atoms with Gasteiger partial charge in [-0.3, -0.25) is 9.69 Å². The van der Waals surface area contributed by atoms with Crippen LogP contribution in [0.25, 0.3) is 0 Å². The number of esters is 1. The van der Waals surface area contributed by atoms with Crippen molar-refractivity contribution in [3.63, 3.8) is 0 Å². The second-order valence-corrected chi connectivity index (χ2v) is 7.16. The first kappa shape index (κ1) is 15.8. The van der Waals surface area contributed by atoms with E-state index in [9.17, 15) is 4.79 Å². The van der Waals surface area contributed by atoms with Crippen LogP contribution < -0.4 is 5.32 Å². The first-order valence-corrected chi connectivity index (χ1v) is 8.15. The SMILES string of the molecule is CC(C)(C)OC(=O)C(C1CCNCC1)N1CCCCC1. The number of hydrogen-bond donors (Lipinski definition) is 1. The van der Waals surface area contributed by atoms with Crippen molar-refractivity contribution in [1.29, 1.82) is 0 Å². The fourth-order valence-electron chi connectivity index (χ4n) is 3.36. The highest BCUT2D eigenvalue weighted by atomic mass is 16.6. The predicted molar refractivity (Wildman–Crippen MR) is 80.7 cm³/mol. The topological polar surface area (TPSA) is 41.6 Å². The van der Waals surface area contributed by atoms with Gasteiger partial charge >= 0.3 is 5.97 Å². The number of nitrogens with one attached hydrogen (secondary N) is 1. The zero-order valence-corrected chi connectivity index (χ0v) is 13.3. The molecule has 4 heteroatoms. The highest BCUT2D eigenvalue weighted by Gasteiger charge is 2.37. The van der Waals surface area contributed by atoms with Gasteiger partial charge in [-0.15, -0.1) is 0 Å².